The maximum absolute atomic E-state index is 12.2. The van der Waals surface area contributed by atoms with Crippen molar-refractivity contribution in [3.05, 3.63) is 16.8 Å². The zero-order valence-corrected chi connectivity index (χ0v) is 15.5. The van der Waals surface area contributed by atoms with E-state index in [4.69, 9.17) is 0 Å². The van der Waals surface area contributed by atoms with Gasteiger partial charge in [0.15, 0.2) is 0 Å². The third-order valence-corrected chi connectivity index (χ3v) is 6.57. The Balaban J connectivity index is 1.38. The van der Waals surface area contributed by atoms with Crippen molar-refractivity contribution in [3.8, 4) is 0 Å². The van der Waals surface area contributed by atoms with E-state index in [0.717, 1.165) is 29.9 Å². The number of hydrogen-bond acceptors (Lipinski definition) is 5. The number of amides is 1. The predicted molar refractivity (Wildman–Crippen MR) is 102 cm³/mol. The summed E-state index contributed by atoms with van der Waals surface area (Å²) in [6.45, 7) is 0.620. The highest BCUT2D eigenvalue weighted by Crippen LogP contribution is 2.38. The minimum Gasteiger partial charge on any atom is -0.369 e. The molecule has 1 amide bonds. The SMILES string of the molecule is O=C(CCNc1ncnc2sc3c(c12)CCCC3)NC1CCCCC1. The molecule has 6 heteroatoms. The molecule has 0 bridgehead atoms. The topological polar surface area (TPSA) is 66.9 Å². The molecule has 0 aliphatic heterocycles. The number of rotatable bonds is 5. The molecule has 2 aromatic heterocycles. The number of thiophene rings is 1. The van der Waals surface area contributed by atoms with Gasteiger partial charge in [0.2, 0.25) is 5.91 Å². The van der Waals surface area contributed by atoms with Crippen LogP contribution in [-0.4, -0.2) is 28.5 Å². The van der Waals surface area contributed by atoms with E-state index >= 15 is 0 Å². The quantitative estimate of drug-likeness (QED) is 0.853. The molecule has 1 fully saturated rings. The number of carbonyl (C=O) groups is 1. The van der Waals surface area contributed by atoms with Gasteiger partial charge in [0.05, 0.1) is 5.39 Å². The van der Waals surface area contributed by atoms with Gasteiger partial charge in [0.1, 0.15) is 17.0 Å². The summed E-state index contributed by atoms with van der Waals surface area (Å²) in [6.07, 6.45) is 13.0. The van der Waals surface area contributed by atoms with E-state index in [0.29, 0.717) is 19.0 Å². The molecular formula is C19H26N4OS. The lowest BCUT2D eigenvalue weighted by Gasteiger charge is -2.22. The summed E-state index contributed by atoms with van der Waals surface area (Å²) in [5.41, 5.74) is 1.43. The third kappa shape index (κ3) is 3.78. The van der Waals surface area contributed by atoms with Gasteiger partial charge in [-0.3, -0.25) is 4.79 Å². The first kappa shape index (κ1) is 16.8. The van der Waals surface area contributed by atoms with Gasteiger partial charge in [-0.25, -0.2) is 9.97 Å². The molecular weight excluding hydrogens is 332 g/mol. The lowest BCUT2D eigenvalue weighted by atomic mass is 9.95. The van der Waals surface area contributed by atoms with Crippen molar-refractivity contribution in [2.24, 2.45) is 0 Å². The maximum Gasteiger partial charge on any atom is 0.221 e. The van der Waals surface area contributed by atoms with Crippen LogP contribution in [-0.2, 0) is 17.6 Å². The molecule has 0 unspecified atom stereocenters. The van der Waals surface area contributed by atoms with E-state index in [1.807, 2.05) is 0 Å². The second kappa shape index (κ2) is 7.68. The van der Waals surface area contributed by atoms with Crippen molar-refractivity contribution in [2.45, 2.75) is 70.3 Å². The molecule has 2 heterocycles. The van der Waals surface area contributed by atoms with Gasteiger partial charge < -0.3 is 10.6 Å². The first-order chi connectivity index (χ1) is 12.3. The van der Waals surface area contributed by atoms with Gasteiger partial charge >= 0.3 is 0 Å². The molecule has 134 valence electrons. The van der Waals surface area contributed by atoms with Crippen molar-refractivity contribution < 1.29 is 4.79 Å². The van der Waals surface area contributed by atoms with Crippen LogP contribution >= 0.6 is 11.3 Å². The van der Waals surface area contributed by atoms with Crippen molar-refractivity contribution >= 4 is 33.3 Å². The Morgan fingerprint density at radius 2 is 1.96 bits per heavy atom. The molecule has 2 aliphatic carbocycles. The van der Waals surface area contributed by atoms with Crippen molar-refractivity contribution in [1.29, 1.82) is 0 Å². The number of aromatic nitrogens is 2. The number of carbonyl (C=O) groups excluding carboxylic acids is 1. The van der Waals surface area contributed by atoms with Gasteiger partial charge in [-0.1, -0.05) is 19.3 Å². The van der Waals surface area contributed by atoms with E-state index in [9.17, 15) is 4.79 Å². The number of nitrogens with zero attached hydrogens (tertiary/aromatic N) is 2. The smallest absolute Gasteiger partial charge is 0.221 e. The largest absolute Gasteiger partial charge is 0.369 e. The number of nitrogens with one attached hydrogen (secondary N) is 2. The Labute approximate surface area is 152 Å². The van der Waals surface area contributed by atoms with Crippen molar-refractivity contribution in [1.82, 2.24) is 15.3 Å². The number of anilines is 1. The first-order valence-electron chi connectivity index (χ1n) is 9.60. The zero-order chi connectivity index (χ0) is 17.1. The molecule has 2 aliphatic rings. The number of fused-ring (bicyclic) bond motifs is 3. The van der Waals surface area contributed by atoms with Gasteiger partial charge in [-0.2, -0.15) is 0 Å². The van der Waals surface area contributed by atoms with Crippen molar-refractivity contribution in [3.63, 3.8) is 0 Å². The number of aryl methyl sites for hydroxylation is 2. The molecule has 0 saturated heterocycles. The Morgan fingerprint density at radius 3 is 2.84 bits per heavy atom. The van der Waals surface area contributed by atoms with Gasteiger partial charge in [0.25, 0.3) is 0 Å². The van der Waals surface area contributed by atoms with E-state index in [1.54, 1.807) is 17.7 Å². The zero-order valence-electron chi connectivity index (χ0n) is 14.6. The van der Waals surface area contributed by atoms with Crippen LogP contribution in [0.3, 0.4) is 0 Å². The van der Waals surface area contributed by atoms with Crippen LogP contribution in [0.25, 0.3) is 10.2 Å². The summed E-state index contributed by atoms with van der Waals surface area (Å²) in [4.78, 5) is 23.6. The van der Waals surface area contributed by atoms with Gasteiger partial charge in [-0.15, -0.1) is 11.3 Å². The third-order valence-electron chi connectivity index (χ3n) is 5.37. The van der Waals surface area contributed by atoms with Gasteiger partial charge in [-0.05, 0) is 44.1 Å². The molecule has 0 atom stereocenters. The highest BCUT2D eigenvalue weighted by atomic mass is 32.1. The minimum absolute atomic E-state index is 0.150. The van der Waals surface area contributed by atoms with E-state index in [-0.39, 0.29) is 5.91 Å². The summed E-state index contributed by atoms with van der Waals surface area (Å²) >= 11 is 1.81. The summed E-state index contributed by atoms with van der Waals surface area (Å²) in [5.74, 6) is 1.05. The summed E-state index contributed by atoms with van der Waals surface area (Å²) in [7, 11) is 0. The maximum atomic E-state index is 12.2. The molecule has 2 N–H and O–H groups in total. The van der Waals surface area contributed by atoms with Crippen LogP contribution in [0, 0.1) is 0 Å². The van der Waals surface area contributed by atoms with Gasteiger partial charge in [0, 0.05) is 23.9 Å². The van der Waals surface area contributed by atoms with Crippen LogP contribution < -0.4 is 10.6 Å². The number of hydrogen-bond donors (Lipinski definition) is 2. The highest BCUT2D eigenvalue weighted by Gasteiger charge is 2.20. The minimum atomic E-state index is 0.150. The predicted octanol–water partition coefficient (Wildman–Crippen LogP) is 3.82. The second-order valence-electron chi connectivity index (χ2n) is 7.19. The standard InChI is InChI=1S/C19H26N4OS/c24-16(23-13-6-2-1-3-7-13)10-11-20-18-17-14-8-4-5-9-15(14)25-19(17)22-12-21-18/h12-13H,1-11H2,(H,23,24)(H,20,21,22). The van der Waals surface area contributed by atoms with Crippen LogP contribution in [0.5, 0.6) is 0 Å². The Bertz CT molecular complexity index is 751. The lowest BCUT2D eigenvalue weighted by molar-refractivity contribution is -0.121. The van der Waals surface area contributed by atoms with Crippen LogP contribution in [0.1, 0.15) is 61.8 Å². The second-order valence-corrected chi connectivity index (χ2v) is 8.28. The Morgan fingerprint density at radius 1 is 1.12 bits per heavy atom. The summed E-state index contributed by atoms with van der Waals surface area (Å²) < 4.78 is 0. The molecule has 1 saturated carbocycles. The summed E-state index contributed by atoms with van der Waals surface area (Å²) in [6, 6.07) is 0.385. The van der Waals surface area contributed by atoms with Crippen LogP contribution in [0.4, 0.5) is 5.82 Å². The average molecular weight is 359 g/mol. The molecule has 25 heavy (non-hydrogen) atoms. The summed E-state index contributed by atoms with van der Waals surface area (Å²) in [5, 5.41) is 7.75. The fraction of sp³-hybridized carbons (Fsp3) is 0.632. The van der Waals surface area contributed by atoms with E-state index in [2.05, 4.69) is 20.6 Å². The Kier molecular flexibility index (Phi) is 5.15. The lowest BCUT2D eigenvalue weighted by Crippen LogP contribution is -2.36. The highest BCUT2D eigenvalue weighted by molar-refractivity contribution is 7.19. The molecule has 4 rings (SSSR count). The fourth-order valence-corrected chi connectivity index (χ4v) is 5.29. The molecule has 2 aromatic rings. The first-order valence-corrected chi connectivity index (χ1v) is 10.4. The van der Waals surface area contributed by atoms with E-state index in [1.165, 1.54) is 54.4 Å². The Hall–Kier alpha value is -1.69. The average Bonchev–Trinajstić information content (AvgIpc) is 3.02. The van der Waals surface area contributed by atoms with Crippen LogP contribution in [0.15, 0.2) is 6.33 Å². The molecule has 0 aromatic carbocycles. The fourth-order valence-electron chi connectivity index (χ4n) is 4.07. The molecule has 0 spiro atoms. The van der Waals surface area contributed by atoms with Crippen LogP contribution in [0.2, 0.25) is 0 Å². The molecule has 5 nitrogen and oxygen atoms in total. The normalized spacial score (nSPS) is 18.1. The van der Waals surface area contributed by atoms with E-state index < -0.39 is 0 Å². The monoisotopic (exact) mass is 358 g/mol. The molecule has 0 radical (unpaired) electrons. The van der Waals surface area contributed by atoms with Crippen molar-refractivity contribution in [2.75, 3.05) is 11.9 Å².